The normalized spacial score (nSPS) is 29.5. The summed E-state index contributed by atoms with van der Waals surface area (Å²) in [5.41, 5.74) is 6.68. The van der Waals surface area contributed by atoms with E-state index in [0.29, 0.717) is 30.0 Å². The molecule has 1 fully saturated rings. The summed E-state index contributed by atoms with van der Waals surface area (Å²) >= 11 is 0. The van der Waals surface area contributed by atoms with Gasteiger partial charge in [-0.2, -0.15) is 0 Å². The van der Waals surface area contributed by atoms with Crippen LogP contribution in [0.25, 0.3) is 0 Å². The molecule has 0 radical (unpaired) electrons. The van der Waals surface area contributed by atoms with Gasteiger partial charge in [0.05, 0.1) is 23.6 Å². The Labute approximate surface area is 271 Å². The number of hydrogen-bond acceptors (Lipinski definition) is 10. The van der Waals surface area contributed by atoms with Gasteiger partial charge in [-0.15, -0.1) is 0 Å². The molecule has 12 nitrogen and oxygen atoms in total. The summed E-state index contributed by atoms with van der Waals surface area (Å²) in [5, 5.41) is 20.6. The van der Waals surface area contributed by atoms with Crippen LogP contribution in [0, 0.1) is 17.8 Å². The van der Waals surface area contributed by atoms with Gasteiger partial charge in [-0.05, 0) is 70.0 Å². The molecule has 6 atom stereocenters. The molecule has 2 heterocycles. The van der Waals surface area contributed by atoms with Crippen LogP contribution >= 0.6 is 0 Å². The molecule has 2 amide bonds. The van der Waals surface area contributed by atoms with Crippen LogP contribution in [0.15, 0.2) is 58.5 Å². The van der Waals surface area contributed by atoms with Crippen LogP contribution in [0.1, 0.15) is 53.4 Å². The van der Waals surface area contributed by atoms with Gasteiger partial charge in [-0.25, -0.2) is 4.79 Å². The molecule has 0 aromatic carbocycles. The van der Waals surface area contributed by atoms with E-state index in [1.165, 1.54) is 26.4 Å². The van der Waals surface area contributed by atoms with E-state index in [1.54, 1.807) is 32.1 Å². The average molecular weight is 643 g/mol. The quantitative estimate of drug-likeness (QED) is 0.213. The fourth-order valence-electron chi connectivity index (χ4n) is 6.11. The number of aliphatic hydroxyl groups excluding tert-OH is 1. The lowest BCUT2D eigenvalue weighted by molar-refractivity contribution is -0.120. The molecular weight excluding hydrogens is 592 g/mol. The van der Waals surface area contributed by atoms with Gasteiger partial charge in [0, 0.05) is 43.9 Å². The maximum atomic E-state index is 13.8. The van der Waals surface area contributed by atoms with E-state index in [9.17, 15) is 24.3 Å². The van der Waals surface area contributed by atoms with Gasteiger partial charge < -0.3 is 41.0 Å². The molecule has 0 spiro atoms. The van der Waals surface area contributed by atoms with E-state index in [4.69, 9.17) is 19.9 Å². The molecule has 46 heavy (non-hydrogen) atoms. The SMILES string of the molecule is CO[C@H]1C=CC=C(C)C(=O)NC2=CC(=O)C(NCC3CCNCC3)=C(C[C@@H](C)C[C@H](OC)[C@H](O)[C@@H](C)C=C(C)[C@@H]1OC(N)=O)C2=O. The van der Waals surface area contributed by atoms with Gasteiger partial charge in [0.1, 0.15) is 6.10 Å². The molecule has 1 saturated heterocycles. The monoisotopic (exact) mass is 642 g/mol. The number of methoxy groups -OCH3 is 2. The third kappa shape index (κ3) is 9.96. The number of aliphatic hydroxyl groups is 1. The van der Waals surface area contributed by atoms with Crippen molar-refractivity contribution in [3.05, 3.63) is 58.5 Å². The van der Waals surface area contributed by atoms with Gasteiger partial charge in [-0.1, -0.05) is 38.2 Å². The molecule has 12 heteroatoms. The highest BCUT2D eigenvalue weighted by atomic mass is 16.6. The Morgan fingerprint density at radius 1 is 1.11 bits per heavy atom. The van der Waals surface area contributed by atoms with E-state index in [2.05, 4.69) is 16.0 Å². The summed E-state index contributed by atoms with van der Waals surface area (Å²) in [7, 11) is 2.95. The third-order valence-corrected chi connectivity index (χ3v) is 8.82. The molecule has 1 aliphatic carbocycles. The van der Waals surface area contributed by atoms with E-state index in [-0.39, 0.29) is 35.1 Å². The number of nitrogens with two attached hydrogens (primary N) is 1. The van der Waals surface area contributed by atoms with Crippen molar-refractivity contribution in [1.82, 2.24) is 16.0 Å². The summed E-state index contributed by atoms with van der Waals surface area (Å²) in [5.74, 6) is -1.62. The zero-order chi connectivity index (χ0) is 34.0. The number of carbonyl (C=O) groups excluding carboxylic acids is 4. The topological polar surface area (TPSA) is 178 Å². The smallest absolute Gasteiger partial charge is 0.405 e. The largest absolute Gasteiger partial charge is 0.439 e. The number of amides is 2. The number of primary amides is 1. The van der Waals surface area contributed by atoms with Crippen molar-refractivity contribution in [1.29, 1.82) is 0 Å². The first-order valence-electron chi connectivity index (χ1n) is 15.9. The number of carbonyl (C=O) groups is 4. The number of ketones is 2. The summed E-state index contributed by atoms with van der Waals surface area (Å²) in [6.45, 7) is 9.43. The fraction of sp³-hybridized carbons (Fsp3) is 0.588. The predicted molar refractivity (Wildman–Crippen MR) is 173 cm³/mol. The molecule has 0 aromatic rings. The average Bonchev–Trinajstić information content (AvgIpc) is 3.02. The standard InChI is InChI=1S/C34H50N4O8/c1-19-14-24-29(37-18-23-10-12-36-13-11-23)26(39)17-25(31(24)41)38-33(42)20(2)8-7-9-27(44-5)32(46-34(35)43)22(4)16-21(3)30(40)28(15-19)45-6/h7-9,16-17,19,21,23,27-28,30,32,36-37,40H,10-15,18H2,1-6H3,(H2,35,43)(H,38,42)/t19-,21+,27+,28+,30-,32+/m1/s1. The second-order valence-electron chi connectivity index (χ2n) is 12.5. The van der Waals surface area contributed by atoms with Gasteiger partial charge in [-0.3, -0.25) is 14.4 Å². The number of fused-ring (bicyclic) bond motifs is 2. The molecule has 3 rings (SSSR count). The van der Waals surface area contributed by atoms with Gasteiger partial charge in [0.2, 0.25) is 11.6 Å². The first kappa shape index (κ1) is 36.9. The van der Waals surface area contributed by atoms with Crippen LogP contribution in [-0.4, -0.2) is 86.9 Å². The van der Waals surface area contributed by atoms with Crippen molar-refractivity contribution in [3.8, 4) is 0 Å². The Morgan fingerprint density at radius 2 is 1.80 bits per heavy atom. The van der Waals surface area contributed by atoms with Crippen LogP contribution in [0.4, 0.5) is 4.79 Å². The van der Waals surface area contributed by atoms with Gasteiger partial charge in [0.15, 0.2) is 6.10 Å². The number of hydrogen-bond donors (Lipinski definition) is 5. The minimum Gasteiger partial charge on any atom is -0.439 e. The summed E-state index contributed by atoms with van der Waals surface area (Å²) in [4.78, 5) is 52.2. The van der Waals surface area contributed by atoms with Crippen LogP contribution in [0.2, 0.25) is 0 Å². The lowest BCUT2D eigenvalue weighted by Gasteiger charge is -2.30. The molecule has 3 aliphatic rings. The number of allylic oxidation sites excluding steroid dienone is 4. The lowest BCUT2D eigenvalue weighted by Crippen LogP contribution is -2.39. The molecular formula is C34H50N4O8. The minimum absolute atomic E-state index is 0.0966. The second-order valence-corrected chi connectivity index (χ2v) is 12.5. The Kier molecular flexibility index (Phi) is 13.9. The number of rotatable bonds is 6. The Hall–Kier alpha value is -3.58. The van der Waals surface area contributed by atoms with Gasteiger partial charge >= 0.3 is 6.09 Å². The van der Waals surface area contributed by atoms with E-state index >= 15 is 0 Å². The van der Waals surface area contributed by atoms with Crippen molar-refractivity contribution >= 4 is 23.6 Å². The van der Waals surface area contributed by atoms with Crippen LogP contribution in [0.5, 0.6) is 0 Å². The number of piperidine rings is 1. The van der Waals surface area contributed by atoms with Crippen LogP contribution < -0.4 is 21.7 Å². The van der Waals surface area contributed by atoms with Crippen molar-refractivity contribution in [3.63, 3.8) is 0 Å². The molecule has 254 valence electrons. The maximum Gasteiger partial charge on any atom is 0.405 e. The van der Waals surface area contributed by atoms with Crippen LogP contribution in [-0.2, 0) is 28.6 Å². The first-order chi connectivity index (χ1) is 21.9. The van der Waals surface area contributed by atoms with Crippen molar-refractivity contribution in [2.24, 2.45) is 23.5 Å². The molecule has 0 aromatic heterocycles. The van der Waals surface area contributed by atoms with Crippen molar-refractivity contribution < 1.29 is 38.5 Å². The summed E-state index contributed by atoms with van der Waals surface area (Å²) in [6.07, 6.45) is 5.93. The third-order valence-electron chi connectivity index (χ3n) is 8.82. The zero-order valence-electron chi connectivity index (χ0n) is 27.8. The van der Waals surface area contributed by atoms with Crippen LogP contribution in [0.3, 0.4) is 0 Å². The summed E-state index contributed by atoms with van der Waals surface area (Å²) in [6, 6.07) is 0. The van der Waals surface area contributed by atoms with E-state index in [1.807, 2.05) is 13.8 Å². The van der Waals surface area contributed by atoms with E-state index < -0.39 is 48.1 Å². The van der Waals surface area contributed by atoms with Crippen molar-refractivity contribution in [2.45, 2.75) is 77.8 Å². The number of ether oxygens (including phenoxy) is 3. The van der Waals surface area contributed by atoms with E-state index in [0.717, 1.165) is 25.9 Å². The Balaban J connectivity index is 2.03. The maximum absolute atomic E-state index is 13.8. The Bertz CT molecular complexity index is 1290. The first-order valence-corrected chi connectivity index (χ1v) is 15.9. The second kappa shape index (κ2) is 17.4. The predicted octanol–water partition coefficient (Wildman–Crippen LogP) is 2.35. The molecule has 0 unspecified atom stereocenters. The highest BCUT2D eigenvalue weighted by Gasteiger charge is 2.34. The Morgan fingerprint density at radius 3 is 2.43 bits per heavy atom. The zero-order valence-corrected chi connectivity index (χ0v) is 27.8. The molecule has 2 bridgehead atoms. The number of Topliss-reactive ketones (excluding diaryl/α,β-unsaturated/α-hetero) is 1. The number of nitrogens with one attached hydrogen (secondary N) is 3. The van der Waals surface area contributed by atoms with Crippen molar-refractivity contribution in [2.75, 3.05) is 33.9 Å². The summed E-state index contributed by atoms with van der Waals surface area (Å²) < 4.78 is 16.7. The lowest BCUT2D eigenvalue weighted by atomic mass is 9.85. The fourth-order valence-corrected chi connectivity index (χ4v) is 6.11. The highest BCUT2D eigenvalue weighted by Crippen LogP contribution is 2.29. The molecule has 0 saturated carbocycles. The highest BCUT2D eigenvalue weighted by molar-refractivity contribution is 6.23. The molecule has 2 aliphatic heterocycles. The minimum atomic E-state index is -0.994. The molecule has 6 N–H and O–H groups in total. The van der Waals surface area contributed by atoms with Gasteiger partial charge in [0.25, 0.3) is 5.91 Å².